The Kier molecular flexibility index (Phi) is 6.90. The second-order valence-electron chi connectivity index (χ2n) is 17.5. The maximum Gasteiger partial charge on any atom is 0.242 e. The van der Waals surface area contributed by atoms with E-state index in [0.29, 0.717) is 11.8 Å². The third-order valence-electron chi connectivity index (χ3n) is 11.9. The van der Waals surface area contributed by atoms with E-state index in [1.165, 1.54) is 61.6 Å². The molecule has 0 unspecified atom stereocenters. The van der Waals surface area contributed by atoms with Gasteiger partial charge in [0.15, 0.2) is 0 Å². The summed E-state index contributed by atoms with van der Waals surface area (Å²) in [6, 6.07) is 32.3. The lowest BCUT2D eigenvalue weighted by Gasteiger charge is -2.48. The van der Waals surface area contributed by atoms with Gasteiger partial charge >= 0.3 is 0 Å². The summed E-state index contributed by atoms with van der Waals surface area (Å²) in [4.78, 5) is 2.80. The van der Waals surface area contributed by atoms with Gasteiger partial charge in [0.05, 0.1) is 6.04 Å². The van der Waals surface area contributed by atoms with Crippen LogP contribution in [-0.2, 0) is 10.8 Å². The minimum absolute atomic E-state index is 0.00433. The molecule has 3 aliphatic rings. The zero-order chi connectivity index (χ0) is 33.1. The average Bonchev–Trinajstić information content (AvgIpc) is 3.18. The lowest BCUT2D eigenvalue weighted by atomic mass is 9.27. The number of anilines is 1. The van der Waals surface area contributed by atoms with Crippen LogP contribution in [0.3, 0.4) is 0 Å². The van der Waals surface area contributed by atoms with Crippen LogP contribution in [0.5, 0.6) is 0 Å². The Morgan fingerprint density at radius 3 is 1.50 bits per heavy atom. The molecular formula is C44H53BN. The Labute approximate surface area is 279 Å². The molecule has 1 fully saturated rings. The predicted molar refractivity (Wildman–Crippen MR) is 200 cm³/mol. The molecule has 0 N–H and O–H groups in total. The number of hydrogen-bond acceptors (Lipinski definition) is 1. The molecule has 0 aliphatic carbocycles. The first-order valence-corrected chi connectivity index (χ1v) is 17.7. The fourth-order valence-electron chi connectivity index (χ4n) is 10.1. The van der Waals surface area contributed by atoms with Gasteiger partial charge in [0.2, 0.25) is 6.71 Å². The topological polar surface area (TPSA) is 3.24 Å². The highest BCUT2D eigenvalue weighted by Gasteiger charge is 2.55. The van der Waals surface area contributed by atoms with Crippen LogP contribution in [0.4, 0.5) is 5.69 Å². The van der Waals surface area contributed by atoms with Crippen molar-refractivity contribution in [1.82, 2.24) is 0 Å². The Bertz CT molecular complexity index is 1740. The highest BCUT2D eigenvalue weighted by Crippen LogP contribution is 2.58. The molecule has 7 rings (SSSR count). The van der Waals surface area contributed by atoms with E-state index in [1.807, 2.05) is 0 Å². The lowest BCUT2D eigenvalue weighted by Crippen LogP contribution is -2.66. The lowest BCUT2D eigenvalue weighted by molar-refractivity contribution is 0.376. The number of fused-ring (bicyclic) bond motifs is 4. The van der Waals surface area contributed by atoms with Crippen LogP contribution >= 0.6 is 0 Å². The van der Waals surface area contributed by atoms with Gasteiger partial charge in [0.25, 0.3) is 0 Å². The van der Waals surface area contributed by atoms with E-state index in [4.69, 9.17) is 0 Å². The van der Waals surface area contributed by atoms with E-state index in [9.17, 15) is 0 Å². The normalized spacial score (nSPS) is 20.1. The highest BCUT2D eigenvalue weighted by atomic mass is 15.3. The molecule has 4 aromatic carbocycles. The van der Waals surface area contributed by atoms with Crippen LogP contribution in [0.1, 0.15) is 140 Å². The molecule has 3 heterocycles. The average molecular weight is 607 g/mol. The summed E-state index contributed by atoms with van der Waals surface area (Å²) in [7, 11) is 0. The zero-order valence-corrected chi connectivity index (χ0v) is 30.4. The van der Waals surface area contributed by atoms with Gasteiger partial charge < -0.3 is 4.90 Å². The van der Waals surface area contributed by atoms with Crippen molar-refractivity contribution >= 4 is 28.8 Å². The Hall–Kier alpha value is -3.26. The van der Waals surface area contributed by atoms with Gasteiger partial charge in [-0.25, -0.2) is 0 Å². The summed E-state index contributed by atoms with van der Waals surface area (Å²) in [6.07, 6.45) is 1.10. The third kappa shape index (κ3) is 4.27. The van der Waals surface area contributed by atoms with Crippen LogP contribution in [0, 0.1) is 11.5 Å². The molecule has 0 bridgehead atoms. The number of hydrogen-bond donors (Lipinski definition) is 0. The summed E-state index contributed by atoms with van der Waals surface area (Å²) in [6.45, 7) is 29.5. The second-order valence-corrected chi connectivity index (χ2v) is 17.5. The molecule has 0 atom stereocenters. The molecule has 0 saturated carbocycles. The number of nitrogens with zero attached hydrogens (tertiary/aromatic N) is 1. The number of rotatable bonds is 4. The Balaban J connectivity index is 1.56. The smallest absolute Gasteiger partial charge is 0.242 e. The van der Waals surface area contributed by atoms with E-state index < -0.39 is 0 Å². The van der Waals surface area contributed by atoms with Crippen LogP contribution in [-0.4, -0.2) is 12.3 Å². The van der Waals surface area contributed by atoms with Crippen LogP contribution in [0.15, 0.2) is 78.9 Å². The van der Waals surface area contributed by atoms with Crippen LogP contribution in [0.25, 0.3) is 0 Å². The Morgan fingerprint density at radius 1 is 0.587 bits per heavy atom. The molecule has 1 nitrogen and oxygen atoms in total. The maximum absolute atomic E-state index is 2.80. The van der Waals surface area contributed by atoms with E-state index in [2.05, 4.69) is 167 Å². The quantitative estimate of drug-likeness (QED) is 0.209. The summed E-state index contributed by atoms with van der Waals surface area (Å²) in [5.41, 5.74) is 15.9. The van der Waals surface area contributed by atoms with Gasteiger partial charge in [-0.05, 0) is 76.5 Å². The van der Waals surface area contributed by atoms with Gasteiger partial charge in [-0.1, -0.05) is 164 Å². The van der Waals surface area contributed by atoms with E-state index in [1.54, 1.807) is 5.46 Å². The van der Waals surface area contributed by atoms with Crippen molar-refractivity contribution < 1.29 is 0 Å². The molecule has 0 aromatic heterocycles. The molecule has 2 heteroatoms. The molecule has 1 saturated heterocycles. The fraction of sp³-hybridized carbons (Fsp3) is 0.432. The molecular weight excluding hydrogens is 553 g/mol. The second kappa shape index (κ2) is 10.1. The van der Waals surface area contributed by atoms with Gasteiger partial charge in [-0.15, -0.1) is 0 Å². The molecule has 1 radical (unpaired) electrons. The van der Waals surface area contributed by atoms with Gasteiger partial charge in [0.1, 0.15) is 0 Å². The van der Waals surface area contributed by atoms with Crippen molar-refractivity contribution in [3.05, 3.63) is 124 Å². The summed E-state index contributed by atoms with van der Waals surface area (Å²) < 4.78 is 0. The first kappa shape index (κ1) is 31.3. The van der Waals surface area contributed by atoms with E-state index in [0.717, 1.165) is 6.42 Å². The Morgan fingerprint density at radius 2 is 1.04 bits per heavy atom. The standard InChI is InChI=1S/C44H53BN/c1-27(2)30-18-17-19-31(28(3)4)39(30)46-40(41(5,6)26-42(46,7)8)29-24-34-38-35(25-29)44(11,12)33-21-14-16-23-37(33)45(38)36-22-15-13-20-32(36)43(34,9)10/h13-25,27-28H,26H2,1-12H3. The SMILES string of the molecule is CC(C)c1cccc(C(C)C)c1N1[C](c2cc3c4c(c2)C(C)(C)c2ccccc2B4c2ccccc2C3(C)C)C(C)(C)CC1(C)C. The summed E-state index contributed by atoms with van der Waals surface area (Å²) in [5, 5.41) is 0. The minimum atomic E-state index is -0.113. The van der Waals surface area contributed by atoms with Crippen molar-refractivity contribution in [3.8, 4) is 0 Å². The number of para-hydroxylation sites is 1. The monoisotopic (exact) mass is 606 g/mol. The van der Waals surface area contributed by atoms with Gasteiger partial charge in [-0.3, -0.25) is 0 Å². The molecule has 237 valence electrons. The molecule has 0 spiro atoms. The predicted octanol–water partition coefficient (Wildman–Crippen LogP) is 9.32. The van der Waals surface area contributed by atoms with E-state index in [-0.39, 0.29) is 28.5 Å². The number of benzene rings is 4. The summed E-state index contributed by atoms with van der Waals surface area (Å²) >= 11 is 0. The van der Waals surface area contributed by atoms with E-state index >= 15 is 0 Å². The van der Waals surface area contributed by atoms with Crippen molar-refractivity contribution in [1.29, 1.82) is 0 Å². The largest absolute Gasteiger partial charge is 0.353 e. The molecule has 4 aromatic rings. The van der Waals surface area contributed by atoms with Crippen LogP contribution < -0.4 is 21.3 Å². The van der Waals surface area contributed by atoms with Crippen LogP contribution in [0.2, 0.25) is 0 Å². The molecule has 46 heavy (non-hydrogen) atoms. The van der Waals surface area contributed by atoms with Crippen molar-refractivity contribution in [2.75, 3.05) is 4.90 Å². The maximum atomic E-state index is 2.80. The van der Waals surface area contributed by atoms with Crippen molar-refractivity contribution in [2.24, 2.45) is 5.41 Å². The third-order valence-corrected chi connectivity index (χ3v) is 11.9. The van der Waals surface area contributed by atoms with Crippen molar-refractivity contribution in [2.45, 2.75) is 118 Å². The highest BCUT2D eigenvalue weighted by molar-refractivity contribution is 6.97. The molecule has 0 amide bonds. The first-order chi connectivity index (χ1) is 21.5. The van der Waals surface area contributed by atoms with Crippen molar-refractivity contribution in [3.63, 3.8) is 0 Å². The summed E-state index contributed by atoms with van der Waals surface area (Å²) in [5.74, 6) is 0.872. The molecule has 3 aliphatic heterocycles. The first-order valence-electron chi connectivity index (χ1n) is 17.7. The minimum Gasteiger partial charge on any atom is -0.353 e. The van der Waals surface area contributed by atoms with Gasteiger partial charge in [-0.2, -0.15) is 0 Å². The zero-order valence-electron chi connectivity index (χ0n) is 30.4. The van der Waals surface area contributed by atoms with Gasteiger partial charge in [0, 0.05) is 22.1 Å². The fourth-order valence-corrected chi connectivity index (χ4v) is 10.1.